The van der Waals surface area contributed by atoms with E-state index in [4.69, 9.17) is 21.1 Å². The number of carbonyl (C=O) groups excluding carboxylic acids is 1. The van der Waals surface area contributed by atoms with Gasteiger partial charge in [-0.2, -0.15) is 5.10 Å². The highest BCUT2D eigenvalue weighted by molar-refractivity contribution is 6.30. The van der Waals surface area contributed by atoms with Crippen molar-refractivity contribution < 1.29 is 9.32 Å². The summed E-state index contributed by atoms with van der Waals surface area (Å²) in [6, 6.07) is 9.46. The zero-order chi connectivity index (χ0) is 26.6. The Morgan fingerprint density at radius 2 is 2.11 bits per heavy atom. The number of aryl methyl sites for hydroxylation is 1. The molecule has 11 heteroatoms. The first kappa shape index (κ1) is 25.9. The molecular weight excluding hydrogens is 504 g/mol. The number of benzene rings is 1. The van der Waals surface area contributed by atoms with Gasteiger partial charge in [0.05, 0.1) is 29.6 Å². The molecule has 38 heavy (non-hydrogen) atoms. The molecule has 1 aromatic carbocycles. The fraction of sp³-hybridized carbons (Fsp3) is 0.370. The number of hydrogen-bond donors (Lipinski definition) is 1. The summed E-state index contributed by atoms with van der Waals surface area (Å²) >= 11 is 6.29. The van der Waals surface area contributed by atoms with Gasteiger partial charge < -0.3 is 14.7 Å². The van der Waals surface area contributed by atoms with Crippen molar-refractivity contribution in [3.05, 3.63) is 65.3 Å². The van der Waals surface area contributed by atoms with E-state index in [1.165, 1.54) is 0 Å². The molecule has 1 aliphatic rings. The van der Waals surface area contributed by atoms with E-state index in [0.29, 0.717) is 47.6 Å². The Labute approximate surface area is 226 Å². The van der Waals surface area contributed by atoms with Gasteiger partial charge in [0.25, 0.3) is 5.91 Å². The van der Waals surface area contributed by atoms with E-state index < -0.39 is 0 Å². The summed E-state index contributed by atoms with van der Waals surface area (Å²) in [6.45, 7) is 7.84. The zero-order valence-corrected chi connectivity index (χ0v) is 22.5. The van der Waals surface area contributed by atoms with Crippen molar-refractivity contribution in [2.75, 3.05) is 31.5 Å². The molecule has 4 heterocycles. The van der Waals surface area contributed by atoms with E-state index in [0.717, 1.165) is 36.4 Å². The summed E-state index contributed by atoms with van der Waals surface area (Å²) in [5.74, 6) is 1.21. The van der Waals surface area contributed by atoms with Crippen LogP contribution in [0.5, 0.6) is 0 Å². The lowest BCUT2D eigenvalue weighted by Crippen LogP contribution is -2.31. The Morgan fingerprint density at radius 3 is 2.84 bits per heavy atom. The first-order chi connectivity index (χ1) is 18.4. The second-order valence-electron chi connectivity index (χ2n) is 9.35. The summed E-state index contributed by atoms with van der Waals surface area (Å²) in [7, 11) is 1.80. The number of halogens is 1. The van der Waals surface area contributed by atoms with Gasteiger partial charge in [0.1, 0.15) is 5.69 Å². The Balaban J connectivity index is 1.40. The van der Waals surface area contributed by atoms with Gasteiger partial charge in [0, 0.05) is 49.2 Å². The van der Waals surface area contributed by atoms with E-state index in [-0.39, 0.29) is 11.9 Å². The van der Waals surface area contributed by atoms with Gasteiger partial charge >= 0.3 is 0 Å². The minimum Gasteiger partial charge on any atom is -0.359 e. The lowest BCUT2D eigenvalue weighted by atomic mass is 10.0. The van der Waals surface area contributed by atoms with Crippen molar-refractivity contribution in [3.63, 3.8) is 0 Å². The van der Waals surface area contributed by atoms with Gasteiger partial charge in [0.2, 0.25) is 5.95 Å². The molecular formula is C27H31ClN8O2. The van der Waals surface area contributed by atoms with Gasteiger partial charge in [-0.05, 0) is 37.7 Å². The van der Waals surface area contributed by atoms with Crippen LogP contribution >= 0.6 is 11.6 Å². The fourth-order valence-electron chi connectivity index (χ4n) is 4.71. The molecule has 0 aliphatic carbocycles. The highest BCUT2D eigenvalue weighted by atomic mass is 35.5. The molecule has 1 fully saturated rings. The summed E-state index contributed by atoms with van der Waals surface area (Å²) < 4.78 is 7.50. The quantitative estimate of drug-likeness (QED) is 0.338. The topological polar surface area (TPSA) is 105 Å². The van der Waals surface area contributed by atoms with Gasteiger partial charge in [-0.1, -0.05) is 42.7 Å². The Kier molecular flexibility index (Phi) is 7.71. The number of carbonyl (C=O) groups is 1. The predicted molar refractivity (Wildman–Crippen MR) is 146 cm³/mol. The largest absolute Gasteiger partial charge is 0.359 e. The minimum absolute atomic E-state index is 0.0197. The maximum Gasteiger partial charge on any atom is 0.257 e. The van der Waals surface area contributed by atoms with Gasteiger partial charge in [-0.3, -0.25) is 14.4 Å². The number of amides is 1. The second kappa shape index (κ2) is 11.3. The average Bonchev–Trinajstić information content (AvgIpc) is 3.67. The highest BCUT2D eigenvalue weighted by Gasteiger charge is 2.28. The highest BCUT2D eigenvalue weighted by Crippen LogP contribution is 2.35. The molecule has 10 nitrogen and oxygen atoms in total. The summed E-state index contributed by atoms with van der Waals surface area (Å²) in [4.78, 5) is 26.2. The Hall–Kier alpha value is -3.76. The molecule has 1 atom stereocenters. The first-order valence-corrected chi connectivity index (χ1v) is 13.2. The molecule has 0 saturated carbocycles. The zero-order valence-electron chi connectivity index (χ0n) is 21.8. The number of aromatic nitrogens is 5. The number of likely N-dealkylation sites (tertiary alicyclic amines) is 1. The van der Waals surface area contributed by atoms with Crippen molar-refractivity contribution in [3.8, 4) is 22.5 Å². The minimum atomic E-state index is -0.0197. The monoisotopic (exact) mass is 534 g/mol. The number of hydrogen-bond acceptors (Lipinski definition) is 8. The molecule has 0 radical (unpaired) electrons. The van der Waals surface area contributed by atoms with Crippen molar-refractivity contribution in [1.82, 2.24) is 34.7 Å². The molecule has 0 spiro atoms. The van der Waals surface area contributed by atoms with E-state index >= 15 is 0 Å². The lowest BCUT2D eigenvalue weighted by Gasteiger charge is -2.17. The van der Waals surface area contributed by atoms with Crippen molar-refractivity contribution in [2.24, 2.45) is 7.05 Å². The van der Waals surface area contributed by atoms with Gasteiger partial charge in [-0.15, -0.1) is 0 Å². The van der Waals surface area contributed by atoms with Crippen molar-refractivity contribution in [1.29, 1.82) is 0 Å². The van der Waals surface area contributed by atoms with E-state index in [2.05, 4.69) is 39.3 Å². The molecule has 0 unspecified atom stereocenters. The average molecular weight is 535 g/mol. The molecule has 3 aromatic heterocycles. The summed E-state index contributed by atoms with van der Waals surface area (Å²) in [6.07, 6.45) is 5.87. The van der Waals surface area contributed by atoms with Crippen LogP contribution in [0, 0.1) is 0 Å². The van der Waals surface area contributed by atoms with E-state index in [1.807, 2.05) is 35.2 Å². The molecule has 4 aromatic rings. The lowest BCUT2D eigenvalue weighted by molar-refractivity contribution is 0.0791. The third kappa shape index (κ3) is 5.56. The summed E-state index contributed by atoms with van der Waals surface area (Å²) in [5, 5.41) is 12.6. The van der Waals surface area contributed by atoms with Crippen LogP contribution in [0.3, 0.4) is 0 Å². The molecule has 198 valence electrons. The van der Waals surface area contributed by atoms with Crippen molar-refractivity contribution >= 4 is 23.5 Å². The van der Waals surface area contributed by atoms with Crippen LogP contribution in [-0.2, 0) is 13.6 Å². The van der Waals surface area contributed by atoms with E-state index in [1.54, 1.807) is 30.3 Å². The Bertz CT molecular complexity index is 1410. The van der Waals surface area contributed by atoms with Crippen molar-refractivity contribution in [2.45, 2.75) is 32.9 Å². The van der Waals surface area contributed by atoms with Crippen LogP contribution < -0.4 is 5.32 Å². The molecule has 5 rings (SSSR count). The third-order valence-electron chi connectivity index (χ3n) is 6.79. The number of nitrogens with one attached hydrogen (secondary N) is 1. The standard InChI is InChI=1S/C27H31ClN8O2/c1-4-35(5-2)17-23-24(25(33-38-23)18-7-6-8-20(28)13-18)22-9-11-29-27(32-22)31-21-10-12-36(16-21)26(37)19-14-30-34(3)15-19/h6-9,11,13-15,21H,4-5,10,12,16-17H2,1-3H3,(H,29,31,32)/t21-/m1/s1. The van der Waals surface area contributed by atoms with Crippen LogP contribution in [0.4, 0.5) is 5.95 Å². The summed E-state index contributed by atoms with van der Waals surface area (Å²) in [5.41, 5.74) is 3.67. The van der Waals surface area contributed by atoms with Crippen LogP contribution in [-0.4, -0.2) is 72.8 Å². The molecule has 1 N–H and O–H groups in total. The number of rotatable bonds is 9. The Morgan fingerprint density at radius 1 is 1.26 bits per heavy atom. The van der Waals surface area contributed by atoms with Crippen LogP contribution in [0.1, 0.15) is 36.4 Å². The number of anilines is 1. The maximum absolute atomic E-state index is 12.8. The molecule has 1 saturated heterocycles. The van der Waals surface area contributed by atoms with Gasteiger partial charge in [0.15, 0.2) is 5.76 Å². The SMILES string of the molecule is CCN(CC)Cc1onc(-c2cccc(Cl)c2)c1-c1ccnc(N[C@@H]2CCN(C(=O)c3cnn(C)c3)C2)n1. The second-order valence-corrected chi connectivity index (χ2v) is 9.79. The normalized spacial score (nSPS) is 15.4. The third-order valence-corrected chi connectivity index (χ3v) is 7.03. The predicted octanol–water partition coefficient (Wildman–Crippen LogP) is 4.35. The van der Waals surface area contributed by atoms with E-state index in [9.17, 15) is 4.79 Å². The molecule has 1 aliphatic heterocycles. The smallest absolute Gasteiger partial charge is 0.257 e. The van der Waals surface area contributed by atoms with Crippen LogP contribution in [0.15, 0.2) is 53.4 Å². The fourth-order valence-corrected chi connectivity index (χ4v) is 4.90. The van der Waals surface area contributed by atoms with Crippen LogP contribution in [0.25, 0.3) is 22.5 Å². The molecule has 0 bridgehead atoms. The van der Waals surface area contributed by atoms with Gasteiger partial charge in [-0.25, -0.2) is 9.97 Å². The van der Waals surface area contributed by atoms with Crippen LogP contribution in [0.2, 0.25) is 5.02 Å². The first-order valence-electron chi connectivity index (χ1n) is 12.8. The maximum atomic E-state index is 12.8. The molecule has 1 amide bonds. The number of nitrogens with zero attached hydrogens (tertiary/aromatic N) is 7.